The molecule has 0 aliphatic heterocycles. The lowest BCUT2D eigenvalue weighted by atomic mass is 9.87. The van der Waals surface area contributed by atoms with E-state index in [4.69, 9.17) is 9.97 Å². The maximum absolute atomic E-state index is 9.54. The molecule has 2 N–H and O–H groups in total. The van der Waals surface area contributed by atoms with Crippen LogP contribution in [0.4, 0.5) is 5.82 Å². The first-order valence-corrected chi connectivity index (χ1v) is 11.0. The lowest BCUT2D eigenvalue weighted by Crippen LogP contribution is -2.08. The molecule has 30 heavy (non-hydrogen) atoms. The van der Waals surface area contributed by atoms with E-state index in [0.29, 0.717) is 18.3 Å². The Kier molecular flexibility index (Phi) is 7.09. The number of aliphatic hydroxyl groups excluding tert-OH is 1. The maximum atomic E-state index is 9.54. The fraction of sp³-hybridized carbons (Fsp3) is 0.462. The highest BCUT2D eigenvalue weighted by Gasteiger charge is 2.23. The molecule has 0 bridgehead atoms. The molecular weight excluding hydrogens is 370 g/mol. The molecule has 1 aliphatic carbocycles. The number of hydrogen-bond acceptors (Lipinski definition) is 4. The van der Waals surface area contributed by atoms with Crippen LogP contribution < -0.4 is 5.32 Å². The third-order valence-corrected chi connectivity index (χ3v) is 6.03. The van der Waals surface area contributed by atoms with Crippen molar-refractivity contribution in [2.75, 3.05) is 19.0 Å². The Balaban J connectivity index is 2.14. The van der Waals surface area contributed by atoms with Crippen molar-refractivity contribution in [1.82, 2.24) is 9.97 Å². The Bertz CT molecular complexity index is 946. The van der Waals surface area contributed by atoms with Crippen LogP contribution in [0.2, 0.25) is 0 Å². The molecule has 0 aromatic carbocycles. The first kappa shape index (κ1) is 22.2. The Labute approximate surface area is 181 Å². The summed E-state index contributed by atoms with van der Waals surface area (Å²) in [4.78, 5) is 10.00. The molecule has 0 saturated carbocycles. The lowest BCUT2D eigenvalue weighted by Gasteiger charge is -2.20. The second-order valence-corrected chi connectivity index (χ2v) is 8.68. The third-order valence-electron chi connectivity index (χ3n) is 6.03. The molecule has 0 radical (unpaired) electrons. The van der Waals surface area contributed by atoms with Crippen molar-refractivity contribution in [2.45, 2.75) is 52.9 Å². The van der Waals surface area contributed by atoms with Gasteiger partial charge in [0.05, 0.1) is 5.69 Å². The van der Waals surface area contributed by atoms with Gasteiger partial charge in [0.2, 0.25) is 0 Å². The van der Waals surface area contributed by atoms with Gasteiger partial charge in [0.25, 0.3) is 0 Å². The fourth-order valence-electron chi connectivity index (χ4n) is 4.25. The van der Waals surface area contributed by atoms with E-state index in [1.54, 1.807) is 0 Å². The van der Waals surface area contributed by atoms with E-state index in [2.05, 4.69) is 63.9 Å². The average molecular weight is 406 g/mol. The SMILES string of the molecule is C=C[C@H](CCO)C1=CC(C)CCc2nc(-c3ccc(C(C)C)nc3NC)c(C)cc21. The molecule has 2 atom stereocenters. The number of aryl methyl sites for hydroxylation is 2. The summed E-state index contributed by atoms with van der Waals surface area (Å²) in [5, 5.41) is 12.8. The van der Waals surface area contributed by atoms with Crippen LogP contribution in [0.25, 0.3) is 16.8 Å². The molecule has 2 aromatic heterocycles. The van der Waals surface area contributed by atoms with Gasteiger partial charge in [-0.3, -0.25) is 4.98 Å². The molecule has 160 valence electrons. The molecule has 0 spiro atoms. The van der Waals surface area contributed by atoms with E-state index >= 15 is 0 Å². The van der Waals surface area contributed by atoms with Crippen LogP contribution in [0.5, 0.6) is 0 Å². The van der Waals surface area contributed by atoms with Gasteiger partial charge >= 0.3 is 0 Å². The molecule has 2 heterocycles. The zero-order valence-electron chi connectivity index (χ0n) is 19.0. The standard InChI is InChI=1S/C26H35N3O/c1-7-19(12-13-30)21-14-17(4)8-10-24-22(21)15-18(5)25(28-24)20-9-11-23(16(2)3)29-26(20)27-6/h7,9,11,14-17,19,30H,1,8,10,12-13H2,2-6H3,(H,27,29)/t17?,19-/m1/s1. The number of pyridine rings is 2. The summed E-state index contributed by atoms with van der Waals surface area (Å²) >= 11 is 0. The minimum Gasteiger partial charge on any atom is -0.396 e. The van der Waals surface area contributed by atoms with Crippen molar-refractivity contribution < 1.29 is 5.11 Å². The first-order chi connectivity index (χ1) is 14.4. The summed E-state index contributed by atoms with van der Waals surface area (Å²) in [6.07, 6.45) is 7.01. The quantitative estimate of drug-likeness (QED) is 0.574. The van der Waals surface area contributed by atoms with Gasteiger partial charge in [-0.1, -0.05) is 32.9 Å². The number of rotatable bonds is 7. The van der Waals surface area contributed by atoms with Gasteiger partial charge in [0.15, 0.2) is 0 Å². The van der Waals surface area contributed by atoms with Gasteiger partial charge in [0.1, 0.15) is 5.82 Å². The van der Waals surface area contributed by atoms with E-state index in [-0.39, 0.29) is 12.5 Å². The number of fused-ring (bicyclic) bond motifs is 1. The van der Waals surface area contributed by atoms with Gasteiger partial charge < -0.3 is 10.4 Å². The van der Waals surface area contributed by atoms with Crippen molar-refractivity contribution in [2.24, 2.45) is 11.8 Å². The Morgan fingerprint density at radius 3 is 2.67 bits per heavy atom. The smallest absolute Gasteiger partial charge is 0.135 e. The summed E-state index contributed by atoms with van der Waals surface area (Å²) in [5.41, 5.74) is 7.84. The minimum absolute atomic E-state index is 0.140. The molecular formula is C26H35N3O. The largest absolute Gasteiger partial charge is 0.396 e. The molecule has 3 rings (SSSR count). The Hall–Kier alpha value is -2.46. The summed E-state index contributed by atoms with van der Waals surface area (Å²) in [5.74, 6) is 1.86. The summed E-state index contributed by atoms with van der Waals surface area (Å²) in [6.45, 7) is 12.9. The van der Waals surface area contributed by atoms with Crippen LogP contribution in [0.1, 0.15) is 62.0 Å². The van der Waals surface area contributed by atoms with Gasteiger partial charge in [-0.2, -0.15) is 0 Å². The molecule has 0 amide bonds. The highest BCUT2D eigenvalue weighted by molar-refractivity contribution is 5.78. The number of aromatic nitrogens is 2. The van der Waals surface area contributed by atoms with Crippen molar-refractivity contribution in [3.8, 4) is 11.3 Å². The average Bonchev–Trinajstić information content (AvgIpc) is 2.89. The number of allylic oxidation sites excluding steroid dienone is 3. The highest BCUT2D eigenvalue weighted by Crippen LogP contribution is 2.38. The Morgan fingerprint density at radius 1 is 1.27 bits per heavy atom. The number of hydrogen-bond donors (Lipinski definition) is 2. The van der Waals surface area contributed by atoms with E-state index in [1.165, 1.54) is 11.1 Å². The lowest BCUT2D eigenvalue weighted by molar-refractivity contribution is 0.280. The molecule has 1 unspecified atom stereocenters. The summed E-state index contributed by atoms with van der Waals surface area (Å²) in [6, 6.07) is 6.52. The summed E-state index contributed by atoms with van der Waals surface area (Å²) < 4.78 is 0. The third kappa shape index (κ3) is 4.49. The maximum Gasteiger partial charge on any atom is 0.135 e. The van der Waals surface area contributed by atoms with Crippen LogP contribution in [0.15, 0.2) is 36.9 Å². The number of nitrogens with one attached hydrogen (secondary N) is 1. The molecule has 0 fully saturated rings. The predicted molar refractivity (Wildman–Crippen MR) is 127 cm³/mol. The molecule has 2 aromatic rings. The van der Waals surface area contributed by atoms with Crippen LogP contribution in [-0.2, 0) is 6.42 Å². The number of anilines is 1. The first-order valence-electron chi connectivity index (χ1n) is 11.0. The normalized spacial score (nSPS) is 17.2. The van der Waals surface area contributed by atoms with Gasteiger partial charge in [-0.25, -0.2) is 4.98 Å². The van der Waals surface area contributed by atoms with Gasteiger partial charge in [0, 0.05) is 36.5 Å². The number of nitrogens with zero attached hydrogens (tertiary/aromatic N) is 2. The van der Waals surface area contributed by atoms with Crippen LogP contribution in [0, 0.1) is 18.8 Å². The Morgan fingerprint density at radius 2 is 2.03 bits per heavy atom. The molecule has 4 heteroatoms. The summed E-state index contributed by atoms with van der Waals surface area (Å²) in [7, 11) is 1.92. The monoisotopic (exact) mass is 405 g/mol. The second-order valence-electron chi connectivity index (χ2n) is 8.68. The minimum atomic E-state index is 0.140. The predicted octanol–water partition coefficient (Wildman–Crippen LogP) is 5.77. The molecule has 4 nitrogen and oxygen atoms in total. The number of aliphatic hydroxyl groups is 1. The van der Waals surface area contributed by atoms with Crippen molar-refractivity contribution in [1.29, 1.82) is 0 Å². The van der Waals surface area contributed by atoms with E-state index in [1.807, 2.05) is 13.1 Å². The second kappa shape index (κ2) is 9.57. The van der Waals surface area contributed by atoms with Crippen molar-refractivity contribution in [3.63, 3.8) is 0 Å². The zero-order chi connectivity index (χ0) is 21.8. The topological polar surface area (TPSA) is 58.0 Å². The van der Waals surface area contributed by atoms with Crippen LogP contribution >= 0.6 is 0 Å². The van der Waals surface area contributed by atoms with E-state index in [0.717, 1.165) is 46.9 Å². The van der Waals surface area contributed by atoms with Gasteiger partial charge in [-0.05, 0) is 72.9 Å². The van der Waals surface area contributed by atoms with Crippen LogP contribution in [-0.4, -0.2) is 28.7 Å². The van der Waals surface area contributed by atoms with E-state index < -0.39 is 0 Å². The molecule has 0 saturated heterocycles. The van der Waals surface area contributed by atoms with Crippen molar-refractivity contribution in [3.05, 3.63) is 59.4 Å². The van der Waals surface area contributed by atoms with Crippen molar-refractivity contribution >= 4 is 11.4 Å². The zero-order valence-corrected chi connectivity index (χ0v) is 19.0. The van der Waals surface area contributed by atoms with Gasteiger partial charge in [-0.15, -0.1) is 6.58 Å². The van der Waals surface area contributed by atoms with Crippen LogP contribution in [0.3, 0.4) is 0 Å². The highest BCUT2D eigenvalue weighted by atomic mass is 16.3. The van der Waals surface area contributed by atoms with E-state index in [9.17, 15) is 5.11 Å². The fourth-order valence-corrected chi connectivity index (χ4v) is 4.25. The molecule has 1 aliphatic rings.